The Labute approximate surface area is 227 Å². The van der Waals surface area contributed by atoms with E-state index in [4.69, 9.17) is 19.8 Å². The standard InChI is InChI=1S/C31H30N6O2/c1-22-28-29(35-16-18-36(19-17-35)31(38)24-12-9-15-26(21-24)39-2)32-27(20-23-10-5-3-6-11-23)33-30(28)37(34-22)25-13-7-4-8-14-25/h3-15,21H,16-20H2,1-2H3. The second kappa shape index (κ2) is 10.6. The number of para-hydroxylation sites is 1. The summed E-state index contributed by atoms with van der Waals surface area (Å²) in [6, 6.07) is 27.7. The third-order valence-corrected chi connectivity index (χ3v) is 7.12. The fraction of sp³-hybridized carbons (Fsp3) is 0.226. The number of methoxy groups -OCH3 is 1. The van der Waals surface area contributed by atoms with E-state index in [0.29, 0.717) is 43.9 Å². The maximum atomic E-state index is 13.2. The highest BCUT2D eigenvalue weighted by molar-refractivity contribution is 5.95. The average Bonchev–Trinajstić information content (AvgIpc) is 3.33. The molecule has 5 aromatic rings. The van der Waals surface area contributed by atoms with E-state index in [9.17, 15) is 4.79 Å². The lowest BCUT2D eigenvalue weighted by Crippen LogP contribution is -2.49. The summed E-state index contributed by atoms with van der Waals surface area (Å²) in [5.74, 6) is 2.31. The molecule has 1 aliphatic heterocycles. The van der Waals surface area contributed by atoms with Crippen molar-refractivity contribution in [2.24, 2.45) is 0 Å². The summed E-state index contributed by atoms with van der Waals surface area (Å²) in [4.78, 5) is 27.5. The van der Waals surface area contributed by atoms with E-state index in [0.717, 1.165) is 39.6 Å². The summed E-state index contributed by atoms with van der Waals surface area (Å²) >= 11 is 0. The van der Waals surface area contributed by atoms with Gasteiger partial charge in [0, 0.05) is 38.2 Å². The topological polar surface area (TPSA) is 76.4 Å². The van der Waals surface area contributed by atoms with Crippen molar-refractivity contribution in [3.63, 3.8) is 0 Å². The van der Waals surface area contributed by atoms with Gasteiger partial charge in [0.05, 0.1) is 23.9 Å². The van der Waals surface area contributed by atoms with E-state index >= 15 is 0 Å². The first kappa shape index (κ1) is 24.6. The number of aryl methyl sites for hydroxylation is 1. The Balaban J connectivity index is 1.34. The minimum absolute atomic E-state index is 0.0132. The van der Waals surface area contributed by atoms with Gasteiger partial charge in [-0.2, -0.15) is 5.10 Å². The Morgan fingerprint density at radius 2 is 1.59 bits per heavy atom. The molecule has 196 valence electrons. The largest absolute Gasteiger partial charge is 0.497 e. The molecule has 8 nitrogen and oxygen atoms in total. The lowest BCUT2D eigenvalue weighted by molar-refractivity contribution is 0.0746. The summed E-state index contributed by atoms with van der Waals surface area (Å²) < 4.78 is 7.22. The van der Waals surface area contributed by atoms with Crippen LogP contribution < -0.4 is 9.64 Å². The van der Waals surface area contributed by atoms with Gasteiger partial charge in [-0.25, -0.2) is 14.6 Å². The third-order valence-electron chi connectivity index (χ3n) is 7.12. The zero-order chi connectivity index (χ0) is 26.8. The zero-order valence-electron chi connectivity index (χ0n) is 22.1. The van der Waals surface area contributed by atoms with Crippen molar-refractivity contribution in [2.75, 3.05) is 38.2 Å². The van der Waals surface area contributed by atoms with Gasteiger partial charge >= 0.3 is 0 Å². The summed E-state index contributed by atoms with van der Waals surface area (Å²) in [5.41, 5.74) is 4.42. The van der Waals surface area contributed by atoms with Crippen LogP contribution in [0.15, 0.2) is 84.9 Å². The van der Waals surface area contributed by atoms with Crippen LogP contribution in [0.3, 0.4) is 0 Å². The Kier molecular flexibility index (Phi) is 6.67. The molecule has 1 aliphatic rings. The van der Waals surface area contributed by atoms with Crippen LogP contribution >= 0.6 is 0 Å². The predicted octanol–water partition coefficient (Wildman–Crippen LogP) is 4.69. The number of amides is 1. The normalized spacial score (nSPS) is 13.6. The van der Waals surface area contributed by atoms with Crippen molar-refractivity contribution in [3.8, 4) is 11.4 Å². The second-order valence-electron chi connectivity index (χ2n) is 9.67. The second-order valence-corrected chi connectivity index (χ2v) is 9.67. The Morgan fingerprint density at radius 1 is 0.872 bits per heavy atom. The summed E-state index contributed by atoms with van der Waals surface area (Å²) in [6.45, 7) is 4.54. The molecule has 1 fully saturated rings. The average molecular weight is 519 g/mol. The minimum Gasteiger partial charge on any atom is -0.497 e. The summed E-state index contributed by atoms with van der Waals surface area (Å²) in [6.07, 6.45) is 0.622. The van der Waals surface area contributed by atoms with Crippen LogP contribution in [0, 0.1) is 6.92 Å². The van der Waals surface area contributed by atoms with Gasteiger partial charge in [-0.15, -0.1) is 0 Å². The molecule has 2 aromatic heterocycles. The van der Waals surface area contributed by atoms with Crippen LogP contribution in [-0.2, 0) is 6.42 Å². The SMILES string of the molecule is COc1cccc(C(=O)N2CCN(c3nc(Cc4ccccc4)nc4c3c(C)nn4-c3ccccc3)CC2)c1. The number of carbonyl (C=O) groups is 1. The number of hydrogen-bond acceptors (Lipinski definition) is 6. The van der Waals surface area contributed by atoms with Crippen LogP contribution in [0.2, 0.25) is 0 Å². The number of aromatic nitrogens is 4. The molecule has 0 spiro atoms. The fourth-order valence-corrected chi connectivity index (χ4v) is 5.10. The van der Waals surface area contributed by atoms with Crippen LogP contribution in [0.5, 0.6) is 5.75 Å². The number of anilines is 1. The molecular formula is C31H30N6O2. The van der Waals surface area contributed by atoms with Crippen LogP contribution in [-0.4, -0.2) is 63.8 Å². The molecule has 0 N–H and O–H groups in total. The van der Waals surface area contributed by atoms with Crippen molar-refractivity contribution in [3.05, 3.63) is 108 Å². The van der Waals surface area contributed by atoms with Crippen molar-refractivity contribution in [1.29, 1.82) is 0 Å². The smallest absolute Gasteiger partial charge is 0.254 e. The van der Waals surface area contributed by atoms with Crippen molar-refractivity contribution in [1.82, 2.24) is 24.6 Å². The highest BCUT2D eigenvalue weighted by atomic mass is 16.5. The molecular weight excluding hydrogens is 488 g/mol. The van der Waals surface area contributed by atoms with Crippen molar-refractivity contribution >= 4 is 22.8 Å². The highest BCUT2D eigenvalue weighted by Crippen LogP contribution is 2.30. The molecule has 39 heavy (non-hydrogen) atoms. The molecule has 0 saturated carbocycles. The number of nitrogens with zero attached hydrogens (tertiary/aromatic N) is 6. The van der Waals surface area contributed by atoms with E-state index in [-0.39, 0.29) is 5.91 Å². The molecule has 0 bridgehead atoms. The summed E-state index contributed by atoms with van der Waals surface area (Å²) in [7, 11) is 1.61. The van der Waals surface area contributed by atoms with Crippen LogP contribution in [0.4, 0.5) is 5.82 Å². The first-order valence-corrected chi connectivity index (χ1v) is 13.1. The molecule has 8 heteroatoms. The zero-order valence-corrected chi connectivity index (χ0v) is 22.1. The van der Waals surface area contributed by atoms with E-state index in [1.54, 1.807) is 13.2 Å². The monoisotopic (exact) mass is 518 g/mol. The number of carbonyl (C=O) groups excluding carboxylic acids is 1. The van der Waals surface area contributed by atoms with Gasteiger partial charge in [-0.3, -0.25) is 4.79 Å². The number of hydrogen-bond donors (Lipinski definition) is 0. The van der Waals surface area contributed by atoms with Gasteiger partial charge < -0.3 is 14.5 Å². The van der Waals surface area contributed by atoms with E-state index in [1.807, 2.05) is 83.2 Å². The van der Waals surface area contributed by atoms with Gasteiger partial charge in [-0.05, 0) is 42.8 Å². The van der Waals surface area contributed by atoms with Gasteiger partial charge in [0.1, 0.15) is 17.4 Å². The van der Waals surface area contributed by atoms with E-state index < -0.39 is 0 Å². The highest BCUT2D eigenvalue weighted by Gasteiger charge is 2.27. The van der Waals surface area contributed by atoms with Crippen LogP contribution in [0.25, 0.3) is 16.7 Å². The molecule has 0 aliphatic carbocycles. The number of ether oxygens (including phenoxy) is 1. The van der Waals surface area contributed by atoms with Crippen molar-refractivity contribution < 1.29 is 9.53 Å². The number of rotatable bonds is 6. The quantitative estimate of drug-likeness (QED) is 0.325. The molecule has 0 atom stereocenters. The molecule has 3 heterocycles. The van der Waals surface area contributed by atoms with E-state index in [1.165, 1.54) is 0 Å². The fourth-order valence-electron chi connectivity index (χ4n) is 5.10. The first-order valence-electron chi connectivity index (χ1n) is 13.1. The minimum atomic E-state index is 0.0132. The van der Waals surface area contributed by atoms with Gasteiger partial charge in [0.25, 0.3) is 5.91 Å². The van der Waals surface area contributed by atoms with E-state index in [2.05, 4.69) is 17.0 Å². The molecule has 6 rings (SSSR count). The lowest BCUT2D eigenvalue weighted by atomic mass is 10.1. The number of fused-ring (bicyclic) bond motifs is 1. The maximum Gasteiger partial charge on any atom is 0.254 e. The molecule has 3 aromatic carbocycles. The Morgan fingerprint density at radius 3 is 2.31 bits per heavy atom. The van der Waals surface area contributed by atoms with Gasteiger partial charge in [0.2, 0.25) is 0 Å². The molecule has 1 saturated heterocycles. The summed E-state index contributed by atoms with van der Waals surface area (Å²) in [5, 5.41) is 5.82. The first-order chi connectivity index (χ1) is 19.1. The number of piperazine rings is 1. The van der Waals surface area contributed by atoms with Crippen molar-refractivity contribution in [2.45, 2.75) is 13.3 Å². The predicted molar refractivity (Wildman–Crippen MR) is 152 cm³/mol. The van der Waals surface area contributed by atoms with Gasteiger partial charge in [0.15, 0.2) is 5.65 Å². The molecule has 1 amide bonds. The lowest BCUT2D eigenvalue weighted by Gasteiger charge is -2.36. The van der Waals surface area contributed by atoms with Crippen LogP contribution in [0.1, 0.15) is 27.4 Å². The van der Waals surface area contributed by atoms with Gasteiger partial charge in [-0.1, -0.05) is 54.6 Å². The maximum absolute atomic E-state index is 13.2. The third kappa shape index (κ3) is 4.93. The molecule has 0 unspecified atom stereocenters. The Hall–Kier alpha value is -4.72. The number of benzene rings is 3. The Bertz CT molecular complexity index is 1610. The molecule has 0 radical (unpaired) electrons.